The van der Waals surface area contributed by atoms with E-state index >= 15 is 0 Å². The van der Waals surface area contributed by atoms with Gasteiger partial charge in [-0.1, -0.05) is 19.9 Å². The number of nitrogens with zero attached hydrogens (tertiary/aromatic N) is 2. The molecule has 0 radical (unpaired) electrons. The Morgan fingerprint density at radius 1 is 1.17 bits per heavy atom. The molecule has 0 unspecified atom stereocenters. The fraction of sp³-hybridized carbons (Fsp3) is 0.250. The molecular weight excluding hydrogens is 392 g/mol. The minimum atomic E-state index is -0.589. The van der Waals surface area contributed by atoms with Crippen LogP contribution in [0.25, 0.3) is 0 Å². The second-order valence-corrected chi connectivity index (χ2v) is 6.95. The van der Waals surface area contributed by atoms with Gasteiger partial charge < -0.3 is 15.4 Å². The molecule has 1 aliphatic rings. The van der Waals surface area contributed by atoms with Crippen molar-refractivity contribution in [1.82, 2.24) is 0 Å². The number of fused-ring (bicyclic) bond motifs is 1. The van der Waals surface area contributed by atoms with Crippen molar-refractivity contribution in [2.24, 2.45) is 5.92 Å². The summed E-state index contributed by atoms with van der Waals surface area (Å²) < 4.78 is 5.29. The highest BCUT2D eigenvalue weighted by Gasteiger charge is 2.29. The number of carbonyl (C=O) groups excluding carboxylic acids is 3. The predicted octanol–water partition coefficient (Wildman–Crippen LogP) is 2.55. The quantitative estimate of drug-likeness (QED) is 0.554. The second-order valence-electron chi connectivity index (χ2n) is 6.95. The van der Waals surface area contributed by atoms with E-state index in [1.807, 2.05) is 0 Å². The lowest BCUT2D eigenvalue weighted by Gasteiger charge is -2.28. The average Bonchev–Trinajstić information content (AvgIpc) is 2.69. The first-order chi connectivity index (χ1) is 14.2. The van der Waals surface area contributed by atoms with Gasteiger partial charge in [-0.15, -0.1) is 0 Å². The number of rotatable bonds is 6. The molecule has 10 heteroatoms. The number of anilines is 3. The van der Waals surface area contributed by atoms with Crippen molar-refractivity contribution in [3.05, 3.63) is 52.6 Å². The molecule has 0 atom stereocenters. The molecule has 0 aromatic heterocycles. The monoisotopic (exact) mass is 412 g/mol. The van der Waals surface area contributed by atoms with Gasteiger partial charge in [-0.2, -0.15) is 0 Å². The van der Waals surface area contributed by atoms with Crippen LogP contribution >= 0.6 is 0 Å². The van der Waals surface area contributed by atoms with E-state index in [1.54, 1.807) is 38.1 Å². The van der Waals surface area contributed by atoms with Crippen LogP contribution in [0.1, 0.15) is 13.8 Å². The van der Waals surface area contributed by atoms with Gasteiger partial charge in [-0.25, -0.2) is 0 Å². The highest BCUT2D eigenvalue weighted by Crippen LogP contribution is 2.35. The van der Waals surface area contributed by atoms with E-state index in [0.29, 0.717) is 11.4 Å². The third-order valence-corrected chi connectivity index (χ3v) is 4.34. The summed E-state index contributed by atoms with van der Waals surface area (Å²) in [5, 5.41) is 16.4. The Labute approximate surface area is 172 Å². The zero-order valence-corrected chi connectivity index (χ0v) is 16.4. The summed E-state index contributed by atoms with van der Waals surface area (Å²) in [6.07, 6.45) is 0. The number of nitrogens with one attached hydrogen (secondary N) is 2. The van der Waals surface area contributed by atoms with Crippen LogP contribution < -0.4 is 20.3 Å². The molecule has 30 heavy (non-hydrogen) atoms. The number of ether oxygens (including phenoxy) is 1. The van der Waals surface area contributed by atoms with E-state index in [9.17, 15) is 24.5 Å². The minimum absolute atomic E-state index is 0.157. The van der Waals surface area contributed by atoms with Crippen LogP contribution in [0.15, 0.2) is 42.5 Å². The number of hydrogen-bond acceptors (Lipinski definition) is 6. The van der Waals surface area contributed by atoms with Crippen LogP contribution in [0.3, 0.4) is 0 Å². The molecule has 1 aliphatic heterocycles. The summed E-state index contributed by atoms with van der Waals surface area (Å²) in [5.74, 6) is -1.06. The van der Waals surface area contributed by atoms with Gasteiger partial charge in [0.25, 0.3) is 11.6 Å². The summed E-state index contributed by atoms with van der Waals surface area (Å²) in [6, 6.07) is 10.5. The predicted molar refractivity (Wildman–Crippen MR) is 109 cm³/mol. The topological polar surface area (TPSA) is 131 Å². The van der Waals surface area contributed by atoms with Gasteiger partial charge in [0.1, 0.15) is 12.3 Å². The first-order valence-electron chi connectivity index (χ1n) is 9.17. The number of benzene rings is 2. The van der Waals surface area contributed by atoms with Crippen LogP contribution in [-0.4, -0.2) is 35.8 Å². The van der Waals surface area contributed by atoms with Crippen LogP contribution in [0.2, 0.25) is 0 Å². The number of nitro groups is 1. The number of amides is 3. The average molecular weight is 412 g/mol. The number of carbonyl (C=O) groups is 3. The van der Waals surface area contributed by atoms with E-state index in [0.717, 1.165) is 4.90 Å². The number of nitro benzene ring substituents is 1. The largest absolute Gasteiger partial charge is 0.482 e. The van der Waals surface area contributed by atoms with Gasteiger partial charge in [0.2, 0.25) is 11.8 Å². The molecule has 2 aromatic rings. The van der Waals surface area contributed by atoms with E-state index in [1.165, 1.54) is 18.2 Å². The molecule has 10 nitrogen and oxygen atoms in total. The summed E-state index contributed by atoms with van der Waals surface area (Å²) in [5.41, 5.74) is 0.899. The maximum atomic E-state index is 12.5. The number of non-ortho nitro benzene ring substituents is 1. The van der Waals surface area contributed by atoms with Crippen molar-refractivity contribution >= 4 is 40.5 Å². The van der Waals surface area contributed by atoms with Gasteiger partial charge in [0.15, 0.2) is 6.61 Å². The zero-order valence-electron chi connectivity index (χ0n) is 16.4. The zero-order chi connectivity index (χ0) is 21.8. The molecule has 2 aromatic carbocycles. The summed E-state index contributed by atoms with van der Waals surface area (Å²) in [7, 11) is 0. The van der Waals surface area contributed by atoms with Crippen molar-refractivity contribution in [2.45, 2.75) is 13.8 Å². The molecule has 0 fully saturated rings. The van der Waals surface area contributed by atoms with Gasteiger partial charge in [-0.3, -0.25) is 29.4 Å². The Balaban J connectivity index is 1.74. The van der Waals surface area contributed by atoms with Gasteiger partial charge in [0, 0.05) is 29.4 Å². The molecule has 1 heterocycles. The van der Waals surface area contributed by atoms with Crippen molar-refractivity contribution in [3.63, 3.8) is 0 Å². The van der Waals surface area contributed by atoms with Crippen molar-refractivity contribution < 1.29 is 24.0 Å². The van der Waals surface area contributed by atoms with Crippen molar-refractivity contribution in [2.75, 3.05) is 28.7 Å². The smallest absolute Gasteiger partial charge is 0.271 e. The molecule has 3 amide bonds. The molecule has 0 bridgehead atoms. The van der Waals surface area contributed by atoms with Crippen LogP contribution in [0.5, 0.6) is 5.75 Å². The molecule has 0 saturated carbocycles. The third-order valence-electron chi connectivity index (χ3n) is 4.34. The Morgan fingerprint density at radius 3 is 2.53 bits per heavy atom. The van der Waals surface area contributed by atoms with Crippen LogP contribution in [0, 0.1) is 16.0 Å². The van der Waals surface area contributed by atoms with Crippen LogP contribution in [0.4, 0.5) is 22.7 Å². The Kier molecular flexibility index (Phi) is 5.95. The summed E-state index contributed by atoms with van der Waals surface area (Å²) in [6.45, 7) is 2.92. The third kappa shape index (κ3) is 4.72. The molecule has 2 N–H and O–H groups in total. The number of hydrogen-bond donors (Lipinski definition) is 2. The first-order valence-corrected chi connectivity index (χ1v) is 9.17. The fourth-order valence-corrected chi connectivity index (χ4v) is 2.78. The Hall–Kier alpha value is -3.95. The molecule has 156 valence electrons. The van der Waals surface area contributed by atoms with Gasteiger partial charge >= 0.3 is 0 Å². The second kappa shape index (κ2) is 8.60. The van der Waals surface area contributed by atoms with E-state index in [2.05, 4.69) is 10.6 Å². The highest BCUT2D eigenvalue weighted by molar-refractivity contribution is 6.05. The lowest BCUT2D eigenvalue weighted by atomic mass is 10.2. The van der Waals surface area contributed by atoms with Crippen LogP contribution in [-0.2, 0) is 14.4 Å². The van der Waals surface area contributed by atoms with Crippen molar-refractivity contribution in [1.29, 1.82) is 0 Å². The Bertz CT molecular complexity index is 1020. The Morgan fingerprint density at radius 2 is 1.87 bits per heavy atom. The highest BCUT2D eigenvalue weighted by atomic mass is 16.6. The molecule has 0 spiro atoms. The SMILES string of the molecule is CC(C)C(=O)Nc1cccc(NC(=O)CN2C(=O)COc3ccc([N+](=O)[O-])cc32)c1. The normalized spacial score (nSPS) is 12.8. The van der Waals surface area contributed by atoms with E-state index < -0.39 is 16.7 Å². The minimum Gasteiger partial charge on any atom is -0.482 e. The summed E-state index contributed by atoms with van der Waals surface area (Å²) in [4.78, 5) is 48.2. The van der Waals surface area contributed by atoms with Gasteiger partial charge in [-0.05, 0) is 24.3 Å². The lowest BCUT2D eigenvalue weighted by molar-refractivity contribution is -0.384. The summed E-state index contributed by atoms with van der Waals surface area (Å²) >= 11 is 0. The molecule has 0 aliphatic carbocycles. The van der Waals surface area contributed by atoms with Crippen molar-refractivity contribution in [3.8, 4) is 5.75 Å². The molecular formula is C20H20N4O6. The maximum absolute atomic E-state index is 12.5. The standard InChI is InChI=1S/C20H20N4O6/c1-12(2)20(27)22-14-5-3-4-13(8-14)21-18(25)10-23-16-9-15(24(28)29)6-7-17(16)30-11-19(23)26/h3-9,12H,10-11H2,1-2H3,(H,21,25)(H,22,27). The van der Waals surface area contributed by atoms with E-state index in [4.69, 9.17) is 4.74 Å². The maximum Gasteiger partial charge on any atom is 0.271 e. The first kappa shape index (κ1) is 20.8. The lowest BCUT2D eigenvalue weighted by Crippen LogP contribution is -2.43. The van der Waals surface area contributed by atoms with E-state index in [-0.39, 0.29) is 42.1 Å². The molecule has 0 saturated heterocycles. The van der Waals surface area contributed by atoms with Gasteiger partial charge in [0.05, 0.1) is 10.6 Å². The fourth-order valence-electron chi connectivity index (χ4n) is 2.78. The molecule has 3 rings (SSSR count).